The minimum Gasteiger partial charge on any atom is -0.506 e. The molecule has 0 aliphatic rings. The van der Waals surface area contributed by atoms with Crippen LogP contribution in [0.3, 0.4) is 0 Å². The Kier molecular flexibility index (Phi) is 2.34. The lowest BCUT2D eigenvalue weighted by atomic mass is 10.1. The molecule has 0 radical (unpaired) electrons. The van der Waals surface area contributed by atoms with Crippen LogP contribution in [0.1, 0.15) is 0 Å². The van der Waals surface area contributed by atoms with Crippen LogP contribution >= 0.6 is 0 Å². The maximum atomic E-state index is 11.0. The third-order valence-electron chi connectivity index (χ3n) is 2.21. The first-order valence-corrected chi connectivity index (χ1v) is 5.33. The van der Waals surface area contributed by atoms with E-state index in [1.807, 2.05) is 0 Å². The van der Waals surface area contributed by atoms with E-state index in [1.165, 1.54) is 6.07 Å². The average molecular weight is 223 g/mol. The summed E-state index contributed by atoms with van der Waals surface area (Å²) in [6.45, 7) is 0. The third kappa shape index (κ3) is 1.55. The second kappa shape index (κ2) is 3.52. The molecule has 0 aromatic heterocycles. The molecule has 15 heavy (non-hydrogen) atoms. The molecule has 0 fully saturated rings. The second-order valence-electron chi connectivity index (χ2n) is 3.10. The molecular weight excluding hydrogens is 214 g/mol. The van der Waals surface area contributed by atoms with Gasteiger partial charge in [-0.1, -0.05) is 24.3 Å². The van der Waals surface area contributed by atoms with Crippen LogP contribution in [0.4, 0.5) is 5.69 Å². The van der Waals surface area contributed by atoms with Crippen molar-refractivity contribution < 1.29 is 13.9 Å². The molecule has 0 aliphatic heterocycles. The molecule has 4 N–H and O–H groups in total. The van der Waals surface area contributed by atoms with Crippen LogP contribution < -0.4 is 5.73 Å². The smallest absolute Gasteiger partial charge is 0.187 e. The van der Waals surface area contributed by atoms with Crippen molar-refractivity contribution in [2.45, 2.75) is 4.90 Å². The Hall–Kier alpha value is -1.59. The van der Waals surface area contributed by atoms with Crippen molar-refractivity contribution in [2.24, 2.45) is 0 Å². The predicted octanol–water partition coefficient (Wildman–Crippen LogP) is 1.71. The monoisotopic (exact) mass is 223 g/mol. The van der Waals surface area contributed by atoms with Crippen molar-refractivity contribution >= 4 is 27.5 Å². The Labute approximate surface area is 88.6 Å². The van der Waals surface area contributed by atoms with Gasteiger partial charge in [0.25, 0.3) is 0 Å². The first-order chi connectivity index (χ1) is 7.11. The SMILES string of the molecule is Nc1c(O)cc(S(=O)O)c2ccccc12. The van der Waals surface area contributed by atoms with Crippen LogP contribution in [0.15, 0.2) is 35.2 Å². The van der Waals surface area contributed by atoms with Gasteiger partial charge in [-0.3, -0.25) is 0 Å². The summed E-state index contributed by atoms with van der Waals surface area (Å²) < 4.78 is 20.1. The van der Waals surface area contributed by atoms with Crippen LogP contribution in [0, 0.1) is 0 Å². The molecule has 4 nitrogen and oxygen atoms in total. The zero-order chi connectivity index (χ0) is 11.0. The van der Waals surface area contributed by atoms with Gasteiger partial charge in [-0.05, 0) is 0 Å². The number of hydrogen-bond donors (Lipinski definition) is 3. The van der Waals surface area contributed by atoms with Gasteiger partial charge < -0.3 is 15.4 Å². The molecule has 1 unspecified atom stereocenters. The quantitative estimate of drug-likeness (QED) is 0.390. The number of phenolic OH excluding ortho intramolecular Hbond substituents is 1. The molecule has 1 atom stereocenters. The lowest BCUT2D eigenvalue weighted by molar-refractivity contribution is 0.476. The topological polar surface area (TPSA) is 83.5 Å². The van der Waals surface area contributed by atoms with Crippen molar-refractivity contribution in [2.75, 3.05) is 5.73 Å². The number of benzene rings is 2. The molecule has 0 bridgehead atoms. The van der Waals surface area contributed by atoms with Crippen LogP contribution in [0.25, 0.3) is 10.8 Å². The fourth-order valence-electron chi connectivity index (χ4n) is 1.49. The minimum atomic E-state index is -2.14. The lowest BCUT2D eigenvalue weighted by Gasteiger charge is -2.07. The molecule has 78 valence electrons. The van der Waals surface area contributed by atoms with Gasteiger partial charge in [-0.15, -0.1) is 0 Å². The minimum absolute atomic E-state index is 0.164. The van der Waals surface area contributed by atoms with Gasteiger partial charge in [-0.2, -0.15) is 0 Å². The highest BCUT2D eigenvalue weighted by atomic mass is 32.2. The molecule has 0 saturated carbocycles. The van der Waals surface area contributed by atoms with Gasteiger partial charge >= 0.3 is 0 Å². The molecule has 0 heterocycles. The van der Waals surface area contributed by atoms with Crippen LogP contribution in [0.2, 0.25) is 0 Å². The number of rotatable bonds is 1. The van der Waals surface area contributed by atoms with Crippen molar-refractivity contribution in [1.29, 1.82) is 0 Å². The van der Waals surface area contributed by atoms with Crippen molar-refractivity contribution in [3.63, 3.8) is 0 Å². The van der Waals surface area contributed by atoms with E-state index in [1.54, 1.807) is 24.3 Å². The number of phenols is 1. The maximum absolute atomic E-state index is 11.0. The Morgan fingerprint density at radius 1 is 1.20 bits per heavy atom. The average Bonchev–Trinajstić information content (AvgIpc) is 2.23. The van der Waals surface area contributed by atoms with Gasteiger partial charge in [0.15, 0.2) is 11.1 Å². The highest BCUT2D eigenvalue weighted by Gasteiger charge is 2.11. The Balaban J connectivity index is 2.94. The Morgan fingerprint density at radius 3 is 2.40 bits per heavy atom. The van der Waals surface area contributed by atoms with E-state index in [2.05, 4.69) is 0 Å². The Morgan fingerprint density at radius 2 is 1.80 bits per heavy atom. The first kappa shape index (κ1) is 9.95. The van der Waals surface area contributed by atoms with Crippen molar-refractivity contribution in [3.05, 3.63) is 30.3 Å². The standard InChI is InChI=1S/C10H9NO3S/c11-10-7-4-2-1-3-6(7)9(15(13)14)5-8(10)12/h1-5,12H,11H2,(H,13,14). The van der Waals surface area contributed by atoms with E-state index in [9.17, 15) is 9.32 Å². The van der Waals surface area contributed by atoms with E-state index >= 15 is 0 Å². The molecule has 0 amide bonds. The largest absolute Gasteiger partial charge is 0.506 e. The summed E-state index contributed by atoms with van der Waals surface area (Å²) in [5.41, 5.74) is 5.88. The van der Waals surface area contributed by atoms with Crippen molar-refractivity contribution in [1.82, 2.24) is 0 Å². The highest BCUT2D eigenvalue weighted by molar-refractivity contribution is 7.79. The van der Waals surface area contributed by atoms with Crippen LogP contribution in [-0.2, 0) is 11.1 Å². The normalized spacial score (nSPS) is 12.9. The van der Waals surface area contributed by atoms with Gasteiger partial charge in [0.2, 0.25) is 0 Å². The number of anilines is 1. The molecular formula is C10H9NO3S. The first-order valence-electron chi connectivity index (χ1n) is 4.22. The number of nitrogens with two attached hydrogens (primary N) is 1. The van der Waals surface area contributed by atoms with Crippen molar-refractivity contribution in [3.8, 4) is 5.75 Å². The van der Waals surface area contributed by atoms with Gasteiger partial charge in [-0.25, -0.2) is 4.21 Å². The lowest BCUT2D eigenvalue weighted by Crippen LogP contribution is -1.94. The summed E-state index contributed by atoms with van der Waals surface area (Å²) in [4.78, 5) is 0.164. The summed E-state index contributed by atoms with van der Waals surface area (Å²) in [6.07, 6.45) is 0. The fraction of sp³-hybridized carbons (Fsp3) is 0. The van der Waals surface area contributed by atoms with Crippen LogP contribution in [-0.4, -0.2) is 13.9 Å². The molecule has 2 aromatic rings. The predicted molar refractivity (Wildman–Crippen MR) is 59.1 cm³/mol. The van der Waals surface area contributed by atoms with Gasteiger partial charge in [0, 0.05) is 16.8 Å². The summed E-state index contributed by atoms with van der Waals surface area (Å²) in [7, 11) is 0. The summed E-state index contributed by atoms with van der Waals surface area (Å²) in [5.74, 6) is -0.175. The molecule has 0 saturated heterocycles. The summed E-state index contributed by atoms with van der Waals surface area (Å²) in [6, 6.07) is 8.10. The second-order valence-corrected chi connectivity index (χ2v) is 4.04. The molecule has 5 heteroatoms. The van der Waals surface area contributed by atoms with E-state index in [-0.39, 0.29) is 16.3 Å². The van der Waals surface area contributed by atoms with E-state index in [4.69, 9.17) is 10.3 Å². The highest BCUT2D eigenvalue weighted by Crippen LogP contribution is 2.33. The maximum Gasteiger partial charge on any atom is 0.187 e. The summed E-state index contributed by atoms with van der Waals surface area (Å²) >= 11 is -2.14. The van der Waals surface area contributed by atoms with Gasteiger partial charge in [0.1, 0.15) is 5.75 Å². The van der Waals surface area contributed by atoms with Crippen LogP contribution in [0.5, 0.6) is 5.75 Å². The van der Waals surface area contributed by atoms with E-state index < -0.39 is 11.1 Å². The number of hydrogen-bond acceptors (Lipinski definition) is 3. The zero-order valence-corrected chi connectivity index (χ0v) is 8.49. The number of fused-ring (bicyclic) bond motifs is 1. The molecule has 2 aromatic carbocycles. The molecule has 0 aliphatic carbocycles. The van der Waals surface area contributed by atoms with E-state index in [0.717, 1.165) is 0 Å². The third-order valence-corrected chi connectivity index (χ3v) is 2.93. The number of nitrogen functional groups attached to an aromatic ring is 1. The fourth-order valence-corrected chi connectivity index (χ4v) is 2.07. The molecule has 2 rings (SSSR count). The number of aromatic hydroxyl groups is 1. The van der Waals surface area contributed by atoms with Gasteiger partial charge in [0.05, 0.1) is 10.6 Å². The summed E-state index contributed by atoms with van der Waals surface area (Å²) in [5, 5.41) is 10.6. The Bertz CT molecular complexity index is 554. The zero-order valence-electron chi connectivity index (χ0n) is 7.68. The van der Waals surface area contributed by atoms with E-state index in [0.29, 0.717) is 10.8 Å². The molecule has 0 spiro atoms.